The van der Waals surface area contributed by atoms with E-state index in [-0.39, 0.29) is 11.3 Å². The van der Waals surface area contributed by atoms with Crippen molar-refractivity contribution < 1.29 is 4.79 Å². The molecule has 2 unspecified atom stereocenters. The molecule has 4 heterocycles. The first-order valence-electron chi connectivity index (χ1n) is 8.93. The van der Waals surface area contributed by atoms with Gasteiger partial charge in [0.25, 0.3) is 0 Å². The number of hydrogen-bond acceptors (Lipinski definition) is 7. The van der Waals surface area contributed by atoms with Crippen molar-refractivity contribution in [3.63, 3.8) is 0 Å². The van der Waals surface area contributed by atoms with E-state index in [1.807, 2.05) is 36.0 Å². The predicted molar refractivity (Wildman–Crippen MR) is 103 cm³/mol. The molecule has 2 N–H and O–H groups in total. The summed E-state index contributed by atoms with van der Waals surface area (Å²) in [7, 11) is 3.95. The average Bonchev–Trinajstić information content (AvgIpc) is 3.12. The van der Waals surface area contributed by atoms with Gasteiger partial charge in [0.15, 0.2) is 5.82 Å². The topological polar surface area (TPSA) is 86.3 Å². The number of pyridine rings is 1. The van der Waals surface area contributed by atoms with Crippen molar-refractivity contribution in [3.05, 3.63) is 35.8 Å². The van der Waals surface area contributed by atoms with Gasteiger partial charge in [-0.1, -0.05) is 0 Å². The zero-order valence-corrected chi connectivity index (χ0v) is 16.1. The van der Waals surface area contributed by atoms with Crippen LogP contribution < -0.4 is 15.8 Å². The predicted octanol–water partition coefficient (Wildman–Crippen LogP) is 0.573. The first-order chi connectivity index (χ1) is 13.0. The van der Waals surface area contributed by atoms with Gasteiger partial charge in [-0.3, -0.25) is 15.2 Å². The molecule has 2 aliphatic rings. The second-order valence-corrected chi connectivity index (χ2v) is 7.52. The van der Waals surface area contributed by atoms with Crippen LogP contribution in [0, 0.1) is 0 Å². The lowest BCUT2D eigenvalue weighted by atomic mass is 10.0. The van der Waals surface area contributed by atoms with Crippen LogP contribution in [0.25, 0.3) is 11.4 Å². The number of hydrogen-bond donors (Lipinski definition) is 2. The summed E-state index contributed by atoms with van der Waals surface area (Å²) in [6, 6.07) is 3.36. The number of halogens is 1. The van der Waals surface area contributed by atoms with Crippen LogP contribution in [0.1, 0.15) is 11.3 Å². The lowest BCUT2D eigenvalue weighted by molar-refractivity contribution is -0.134. The van der Waals surface area contributed by atoms with E-state index in [2.05, 4.69) is 15.8 Å². The Morgan fingerprint density at radius 1 is 1.30 bits per heavy atom. The molecule has 9 heteroatoms. The van der Waals surface area contributed by atoms with Crippen LogP contribution in [0.4, 0.5) is 5.82 Å². The average molecular weight is 388 g/mol. The molecular formula is C18H22ClN7O. The van der Waals surface area contributed by atoms with E-state index < -0.39 is 6.04 Å². The maximum Gasteiger partial charge on any atom is 0.243 e. The van der Waals surface area contributed by atoms with Crippen molar-refractivity contribution >= 4 is 23.3 Å². The summed E-state index contributed by atoms with van der Waals surface area (Å²) in [5, 5.41) is -0.256. The summed E-state index contributed by atoms with van der Waals surface area (Å²) in [4.78, 5) is 30.3. The smallest absolute Gasteiger partial charge is 0.243 e. The first-order valence-corrected chi connectivity index (χ1v) is 9.37. The Morgan fingerprint density at radius 2 is 2.07 bits per heavy atom. The van der Waals surface area contributed by atoms with Crippen molar-refractivity contribution in [2.75, 3.05) is 32.1 Å². The lowest BCUT2D eigenvalue weighted by Crippen LogP contribution is -2.49. The Bertz CT molecular complexity index is 845. The third-order valence-electron chi connectivity index (χ3n) is 4.90. The van der Waals surface area contributed by atoms with Crippen molar-refractivity contribution in [2.45, 2.75) is 24.4 Å². The van der Waals surface area contributed by atoms with Crippen molar-refractivity contribution in [1.82, 2.24) is 30.7 Å². The maximum atomic E-state index is 12.9. The van der Waals surface area contributed by atoms with Gasteiger partial charge in [-0.2, -0.15) is 0 Å². The van der Waals surface area contributed by atoms with Gasteiger partial charge >= 0.3 is 0 Å². The highest BCUT2D eigenvalue weighted by atomic mass is 35.5. The number of hydrazine groups is 1. The molecular weight excluding hydrogens is 366 g/mol. The number of amides is 1. The van der Waals surface area contributed by atoms with Crippen LogP contribution in [0.15, 0.2) is 24.5 Å². The second kappa shape index (κ2) is 7.38. The largest absolute Gasteiger partial charge is 0.362 e. The molecule has 1 fully saturated rings. The Labute approximate surface area is 162 Å². The minimum atomic E-state index is -0.414. The SMILES string of the molecule is CN(C)c1nc(-c2ccncc2)nc2c1CCN(C(=O)C1NNCC1Cl)C2. The monoisotopic (exact) mass is 387 g/mol. The van der Waals surface area contributed by atoms with Crippen molar-refractivity contribution in [3.8, 4) is 11.4 Å². The number of anilines is 1. The van der Waals surface area contributed by atoms with Crippen LogP contribution in [0.3, 0.4) is 0 Å². The normalized spacial score (nSPS) is 21.8. The molecule has 0 spiro atoms. The molecule has 0 aromatic carbocycles. The van der Waals surface area contributed by atoms with E-state index in [0.717, 1.165) is 29.1 Å². The molecule has 0 aliphatic carbocycles. The number of nitrogens with one attached hydrogen (secondary N) is 2. The molecule has 27 heavy (non-hydrogen) atoms. The molecule has 1 amide bonds. The summed E-state index contributed by atoms with van der Waals surface area (Å²) in [6.45, 7) is 1.66. The molecule has 8 nitrogen and oxygen atoms in total. The molecule has 2 atom stereocenters. The molecule has 2 aromatic heterocycles. The lowest BCUT2D eigenvalue weighted by Gasteiger charge is -2.32. The molecule has 1 saturated heterocycles. The number of nitrogens with zero attached hydrogens (tertiary/aromatic N) is 5. The number of rotatable bonds is 3. The van der Waals surface area contributed by atoms with Crippen LogP contribution in [0.5, 0.6) is 0 Å². The van der Waals surface area contributed by atoms with Gasteiger partial charge in [0.05, 0.1) is 17.6 Å². The van der Waals surface area contributed by atoms with Gasteiger partial charge < -0.3 is 9.80 Å². The van der Waals surface area contributed by atoms with Gasteiger partial charge in [-0.05, 0) is 18.6 Å². The number of carbonyl (C=O) groups excluding carboxylic acids is 1. The standard InChI is InChI=1S/C18H22ClN7O/c1-25(2)17-12-5-8-26(18(27)15-13(19)9-21-24-15)10-14(12)22-16(23-17)11-3-6-20-7-4-11/h3-4,6-7,13,15,21,24H,5,8-10H2,1-2H3. The minimum absolute atomic E-state index is 0.00104. The van der Waals surface area contributed by atoms with Gasteiger partial charge in [0.1, 0.15) is 11.9 Å². The van der Waals surface area contributed by atoms with Gasteiger partial charge in [0, 0.05) is 50.7 Å². The second-order valence-electron chi connectivity index (χ2n) is 6.96. The molecule has 0 radical (unpaired) electrons. The molecule has 0 saturated carbocycles. The number of carbonyl (C=O) groups is 1. The highest BCUT2D eigenvalue weighted by molar-refractivity contribution is 6.23. The number of alkyl halides is 1. The fourth-order valence-electron chi connectivity index (χ4n) is 3.49. The Morgan fingerprint density at radius 3 is 2.74 bits per heavy atom. The Hall–Kier alpha value is -2.29. The van der Waals surface area contributed by atoms with Crippen molar-refractivity contribution in [2.24, 2.45) is 0 Å². The van der Waals surface area contributed by atoms with Crippen molar-refractivity contribution in [1.29, 1.82) is 0 Å². The summed E-state index contributed by atoms with van der Waals surface area (Å²) in [6.07, 6.45) is 4.17. The number of fused-ring (bicyclic) bond motifs is 1. The molecule has 142 valence electrons. The van der Waals surface area contributed by atoms with E-state index in [9.17, 15) is 4.79 Å². The minimum Gasteiger partial charge on any atom is -0.362 e. The maximum absolute atomic E-state index is 12.9. The molecule has 4 rings (SSSR count). The van der Waals surface area contributed by atoms with E-state index in [0.29, 0.717) is 25.5 Å². The summed E-state index contributed by atoms with van der Waals surface area (Å²) >= 11 is 6.25. The fraction of sp³-hybridized carbons (Fsp3) is 0.444. The van der Waals surface area contributed by atoms with E-state index in [4.69, 9.17) is 21.6 Å². The quantitative estimate of drug-likeness (QED) is 0.745. The Balaban J connectivity index is 1.67. The van der Waals surface area contributed by atoms with E-state index >= 15 is 0 Å². The van der Waals surface area contributed by atoms with Gasteiger partial charge in [0.2, 0.25) is 5.91 Å². The van der Waals surface area contributed by atoms with Gasteiger partial charge in [-0.25, -0.2) is 15.4 Å². The van der Waals surface area contributed by atoms with Crippen LogP contribution in [-0.2, 0) is 17.8 Å². The van der Waals surface area contributed by atoms with Crippen LogP contribution in [0.2, 0.25) is 0 Å². The highest BCUT2D eigenvalue weighted by Crippen LogP contribution is 2.29. The Kier molecular flexibility index (Phi) is 4.94. The fourth-order valence-corrected chi connectivity index (χ4v) is 3.73. The zero-order chi connectivity index (χ0) is 19.0. The summed E-state index contributed by atoms with van der Waals surface area (Å²) in [5.41, 5.74) is 8.81. The van der Waals surface area contributed by atoms with Crippen LogP contribution >= 0.6 is 11.6 Å². The highest BCUT2D eigenvalue weighted by Gasteiger charge is 2.36. The van der Waals surface area contributed by atoms with Gasteiger partial charge in [-0.15, -0.1) is 11.6 Å². The van der Waals surface area contributed by atoms with E-state index in [1.54, 1.807) is 12.4 Å². The summed E-state index contributed by atoms with van der Waals surface area (Å²) in [5.74, 6) is 1.54. The third-order valence-corrected chi connectivity index (χ3v) is 5.31. The summed E-state index contributed by atoms with van der Waals surface area (Å²) < 4.78 is 0. The van der Waals surface area contributed by atoms with Crippen LogP contribution in [-0.4, -0.2) is 64.4 Å². The van der Waals surface area contributed by atoms with E-state index in [1.165, 1.54) is 0 Å². The number of aromatic nitrogens is 3. The third kappa shape index (κ3) is 3.47. The first kappa shape index (κ1) is 18.1. The zero-order valence-electron chi connectivity index (χ0n) is 15.3. The molecule has 2 aliphatic heterocycles. The molecule has 2 aromatic rings. The molecule has 0 bridgehead atoms.